The van der Waals surface area contributed by atoms with Gasteiger partial charge in [0.2, 0.25) is 5.89 Å². The second-order valence-corrected chi connectivity index (χ2v) is 4.85. The first-order chi connectivity index (χ1) is 10.6. The van der Waals surface area contributed by atoms with Crippen LogP contribution in [0.3, 0.4) is 0 Å². The Morgan fingerprint density at radius 1 is 1.27 bits per heavy atom. The van der Waals surface area contributed by atoms with E-state index in [1.807, 2.05) is 50.2 Å². The normalized spacial score (nSPS) is 10.7. The van der Waals surface area contributed by atoms with E-state index in [0.29, 0.717) is 5.89 Å². The number of benzene rings is 1. The summed E-state index contributed by atoms with van der Waals surface area (Å²) >= 11 is 0. The molecular weight excluding hydrogens is 282 g/mol. The maximum absolute atomic E-state index is 12.0. The Hall–Kier alpha value is -2.93. The van der Waals surface area contributed by atoms with Crippen molar-refractivity contribution in [2.45, 2.75) is 13.8 Å². The molecule has 0 fully saturated rings. The number of hydrazine groups is 1. The molecule has 0 saturated carbocycles. The smallest absolute Gasteiger partial charge is 0.289 e. The van der Waals surface area contributed by atoms with E-state index in [1.54, 1.807) is 4.68 Å². The van der Waals surface area contributed by atoms with E-state index in [9.17, 15) is 4.79 Å². The number of aromatic nitrogens is 3. The number of hydrogen-bond donors (Lipinski definition) is 2. The van der Waals surface area contributed by atoms with Crippen LogP contribution in [0.15, 0.2) is 40.8 Å². The lowest BCUT2D eigenvalue weighted by molar-refractivity contribution is 0.0948. The van der Waals surface area contributed by atoms with E-state index >= 15 is 0 Å². The zero-order valence-corrected chi connectivity index (χ0v) is 12.2. The molecule has 7 nitrogen and oxygen atoms in total. The van der Waals surface area contributed by atoms with Gasteiger partial charge in [-0.3, -0.25) is 10.2 Å². The number of oxazole rings is 1. The summed E-state index contributed by atoms with van der Waals surface area (Å²) in [6.45, 7) is 3.73. The molecule has 2 heterocycles. The van der Waals surface area contributed by atoms with Gasteiger partial charge in [-0.1, -0.05) is 18.2 Å². The first-order valence-electron chi connectivity index (χ1n) is 6.71. The second-order valence-electron chi connectivity index (χ2n) is 4.85. The summed E-state index contributed by atoms with van der Waals surface area (Å²) in [7, 11) is 0. The van der Waals surface area contributed by atoms with Crippen LogP contribution in [-0.4, -0.2) is 20.7 Å². The number of rotatable bonds is 3. The van der Waals surface area contributed by atoms with Crippen LogP contribution in [0, 0.1) is 13.8 Å². The number of amides is 1. The Morgan fingerprint density at radius 2 is 2.00 bits per heavy atom. The van der Waals surface area contributed by atoms with Crippen molar-refractivity contribution < 1.29 is 9.21 Å². The zero-order chi connectivity index (χ0) is 15.7. The Kier molecular flexibility index (Phi) is 3.48. The lowest BCUT2D eigenvalue weighted by Gasteiger charge is -2.01. The van der Waals surface area contributed by atoms with Crippen molar-refractivity contribution in [1.82, 2.24) is 20.2 Å². The predicted octanol–water partition coefficient (Wildman–Crippen LogP) is 1.75. The summed E-state index contributed by atoms with van der Waals surface area (Å²) < 4.78 is 7.32. The molecule has 112 valence electrons. The Bertz CT molecular complexity index is 820. The Morgan fingerprint density at radius 3 is 2.59 bits per heavy atom. The minimum absolute atomic E-state index is 0.0903. The molecule has 0 aliphatic heterocycles. The van der Waals surface area contributed by atoms with E-state index in [4.69, 9.17) is 10.3 Å². The second kappa shape index (κ2) is 5.45. The number of nitrogens with zero attached hydrogens (tertiary/aromatic N) is 3. The van der Waals surface area contributed by atoms with Crippen LogP contribution in [-0.2, 0) is 0 Å². The average Bonchev–Trinajstić information content (AvgIpc) is 3.10. The van der Waals surface area contributed by atoms with Gasteiger partial charge in [-0.05, 0) is 32.0 Å². The number of hydrogen-bond acceptors (Lipinski definition) is 5. The highest BCUT2D eigenvalue weighted by Crippen LogP contribution is 2.25. The number of carbonyl (C=O) groups excluding carboxylic acids is 1. The van der Waals surface area contributed by atoms with E-state index in [0.717, 1.165) is 17.0 Å². The maximum Gasteiger partial charge on any atom is 0.289 e. The van der Waals surface area contributed by atoms with Crippen molar-refractivity contribution in [2.75, 3.05) is 0 Å². The summed E-state index contributed by atoms with van der Waals surface area (Å²) in [5.74, 6) is 5.28. The van der Waals surface area contributed by atoms with Crippen LogP contribution in [0.2, 0.25) is 0 Å². The molecule has 0 radical (unpaired) electrons. The summed E-state index contributed by atoms with van der Waals surface area (Å²) in [4.78, 5) is 16.2. The van der Waals surface area contributed by atoms with Gasteiger partial charge in [0.15, 0.2) is 5.69 Å². The first kappa shape index (κ1) is 14.0. The standard InChI is InChI=1S/C15H15N5O2/c1-9-8-10(2)20(19-9)15-12(13(21)18-16)17-14(22-15)11-6-4-3-5-7-11/h3-8H,16H2,1-2H3,(H,18,21). The average molecular weight is 297 g/mol. The van der Waals surface area contributed by atoms with Gasteiger partial charge in [-0.2, -0.15) is 5.10 Å². The molecule has 2 aromatic heterocycles. The predicted molar refractivity (Wildman–Crippen MR) is 80.2 cm³/mol. The van der Waals surface area contributed by atoms with E-state index < -0.39 is 5.91 Å². The molecule has 0 bridgehead atoms. The lowest BCUT2D eigenvalue weighted by Crippen LogP contribution is -2.31. The van der Waals surface area contributed by atoms with Crippen molar-refractivity contribution in [3.05, 3.63) is 53.5 Å². The molecule has 1 amide bonds. The molecule has 0 saturated heterocycles. The fourth-order valence-corrected chi connectivity index (χ4v) is 2.21. The van der Waals surface area contributed by atoms with Crippen LogP contribution < -0.4 is 11.3 Å². The van der Waals surface area contributed by atoms with Crippen molar-refractivity contribution in [1.29, 1.82) is 0 Å². The third-order valence-electron chi connectivity index (χ3n) is 3.18. The summed E-state index contributed by atoms with van der Waals surface area (Å²) in [5, 5.41) is 4.33. The van der Waals surface area contributed by atoms with Crippen LogP contribution in [0.25, 0.3) is 17.3 Å². The highest BCUT2D eigenvalue weighted by Gasteiger charge is 2.23. The summed E-state index contributed by atoms with van der Waals surface area (Å²) in [6.07, 6.45) is 0. The maximum atomic E-state index is 12.0. The largest absolute Gasteiger partial charge is 0.417 e. The van der Waals surface area contributed by atoms with E-state index in [1.165, 1.54) is 0 Å². The van der Waals surface area contributed by atoms with Crippen LogP contribution in [0.4, 0.5) is 0 Å². The molecular formula is C15H15N5O2. The van der Waals surface area contributed by atoms with E-state index in [2.05, 4.69) is 15.5 Å². The van der Waals surface area contributed by atoms with Crippen molar-refractivity contribution in [2.24, 2.45) is 5.84 Å². The number of nitrogen functional groups attached to an aromatic ring is 1. The van der Waals surface area contributed by atoms with Gasteiger partial charge >= 0.3 is 0 Å². The minimum Gasteiger partial charge on any atom is -0.417 e. The summed E-state index contributed by atoms with van der Waals surface area (Å²) in [5.41, 5.74) is 4.58. The lowest BCUT2D eigenvalue weighted by atomic mass is 10.2. The van der Waals surface area contributed by atoms with E-state index in [-0.39, 0.29) is 11.6 Å². The fraction of sp³-hybridized carbons (Fsp3) is 0.133. The number of nitrogens with two attached hydrogens (primary N) is 1. The monoisotopic (exact) mass is 297 g/mol. The highest BCUT2D eigenvalue weighted by atomic mass is 16.4. The molecule has 0 spiro atoms. The van der Waals surface area contributed by atoms with Gasteiger partial charge in [0.1, 0.15) is 0 Å². The first-order valence-corrected chi connectivity index (χ1v) is 6.71. The molecule has 22 heavy (non-hydrogen) atoms. The fourth-order valence-electron chi connectivity index (χ4n) is 2.21. The number of nitrogens with one attached hydrogen (secondary N) is 1. The number of aryl methyl sites for hydroxylation is 2. The van der Waals surface area contributed by atoms with Crippen LogP contribution in [0.5, 0.6) is 0 Å². The molecule has 7 heteroatoms. The Balaban J connectivity index is 2.18. The number of carbonyl (C=O) groups is 1. The van der Waals surface area contributed by atoms with Crippen LogP contribution in [0.1, 0.15) is 21.9 Å². The van der Waals surface area contributed by atoms with Gasteiger partial charge in [0.05, 0.1) is 5.69 Å². The molecule has 0 atom stereocenters. The molecule has 1 aromatic carbocycles. The Labute approximate surface area is 126 Å². The van der Waals surface area contributed by atoms with Crippen molar-refractivity contribution in [3.63, 3.8) is 0 Å². The molecule has 3 rings (SSSR count). The van der Waals surface area contributed by atoms with Crippen molar-refractivity contribution in [3.8, 4) is 17.3 Å². The van der Waals surface area contributed by atoms with Crippen LogP contribution >= 0.6 is 0 Å². The third-order valence-corrected chi connectivity index (χ3v) is 3.18. The van der Waals surface area contributed by atoms with Gasteiger partial charge < -0.3 is 4.42 Å². The van der Waals surface area contributed by atoms with Gasteiger partial charge in [-0.15, -0.1) is 0 Å². The quantitative estimate of drug-likeness (QED) is 0.436. The highest BCUT2D eigenvalue weighted by molar-refractivity contribution is 5.95. The van der Waals surface area contributed by atoms with Gasteiger partial charge in [0, 0.05) is 11.3 Å². The van der Waals surface area contributed by atoms with Crippen molar-refractivity contribution >= 4 is 5.91 Å². The molecule has 0 aliphatic carbocycles. The van der Waals surface area contributed by atoms with Gasteiger partial charge in [0.25, 0.3) is 11.8 Å². The molecule has 0 aliphatic rings. The molecule has 0 unspecified atom stereocenters. The molecule has 3 aromatic rings. The zero-order valence-electron chi connectivity index (χ0n) is 12.2. The third kappa shape index (κ3) is 2.38. The molecule has 3 N–H and O–H groups in total. The topological polar surface area (TPSA) is 99.0 Å². The van der Waals surface area contributed by atoms with Gasteiger partial charge in [-0.25, -0.2) is 15.5 Å². The summed E-state index contributed by atoms with van der Waals surface area (Å²) in [6, 6.07) is 11.2. The minimum atomic E-state index is -0.534. The SMILES string of the molecule is Cc1cc(C)n(-c2oc(-c3ccccc3)nc2C(=O)NN)n1.